The van der Waals surface area contributed by atoms with Crippen LogP contribution < -0.4 is 5.63 Å². The van der Waals surface area contributed by atoms with E-state index in [-0.39, 0.29) is 22.1 Å². The third-order valence-corrected chi connectivity index (χ3v) is 5.61. The van der Waals surface area contributed by atoms with Crippen LogP contribution in [0.15, 0.2) is 63.8 Å². The number of rotatable bonds is 4. The summed E-state index contributed by atoms with van der Waals surface area (Å²) in [7, 11) is 0. The molecule has 0 aliphatic carbocycles. The molecule has 0 spiro atoms. The fourth-order valence-electron chi connectivity index (χ4n) is 3.51. The fourth-order valence-corrected chi connectivity index (χ4v) is 4.06. The number of amides is 1. The molecule has 30 heavy (non-hydrogen) atoms. The van der Waals surface area contributed by atoms with Crippen molar-refractivity contribution >= 4 is 46.2 Å². The minimum absolute atomic E-state index is 0.00161. The van der Waals surface area contributed by atoms with E-state index in [2.05, 4.69) is 29.2 Å². The molecule has 0 saturated carbocycles. The molecule has 1 amide bonds. The molecule has 0 atom stereocenters. The summed E-state index contributed by atoms with van der Waals surface area (Å²) in [6.45, 7) is 3.38. The van der Waals surface area contributed by atoms with Gasteiger partial charge in [0.25, 0.3) is 5.91 Å². The predicted molar refractivity (Wildman–Crippen MR) is 120 cm³/mol. The van der Waals surface area contributed by atoms with Gasteiger partial charge in [0.05, 0.1) is 5.02 Å². The molecule has 2 heterocycles. The van der Waals surface area contributed by atoms with Gasteiger partial charge in [0, 0.05) is 43.1 Å². The highest BCUT2D eigenvalue weighted by molar-refractivity contribution is 6.38. The van der Waals surface area contributed by atoms with E-state index in [1.165, 1.54) is 12.1 Å². The Hall–Kier alpha value is -2.60. The number of carbonyl (C=O) groups is 1. The first kappa shape index (κ1) is 20.7. The van der Waals surface area contributed by atoms with E-state index in [1.807, 2.05) is 18.2 Å². The number of piperazine rings is 1. The van der Waals surface area contributed by atoms with Crippen LogP contribution in [0.5, 0.6) is 0 Å². The highest BCUT2D eigenvalue weighted by Gasteiger charge is 2.25. The molecule has 1 aliphatic rings. The van der Waals surface area contributed by atoms with E-state index in [1.54, 1.807) is 11.0 Å². The average Bonchev–Trinajstić information content (AvgIpc) is 2.75. The van der Waals surface area contributed by atoms with Crippen LogP contribution in [-0.4, -0.2) is 48.4 Å². The maximum absolute atomic E-state index is 12.9. The lowest BCUT2D eigenvalue weighted by Crippen LogP contribution is -2.49. The monoisotopic (exact) mass is 442 g/mol. The van der Waals surface area contributed by atoms with Gasteiger partial charge in [0.2, 0.25) is 0 Å². The SMILES string of the molecule is O=C(c1cc2cc(Cl)cc(Cl)c2oc1=O)N1CCN(CC=Cc2ccccc2)CC1. The summed E-state index contributed by atoms with van der Waals surface area (Å²) < 4.78 is 5.29. The van der Waals surface area contributed by atoms with E-state index in [0.29, 0.717) is 23.5 Å². The van der Waals surface area contributed by atoms with Gasteiger partial charge in [-0.3, -0.25) is 9.69 Å². The number of hydrogen-bond donors (Lipinski definition) is 0. The van der Waals surface area contributed by atoms with Crippen LogP contribution >= 0.6 is 23.2 Å². The first-order chi connectivity index (χ1) is 14.5. The van der Waals surface area contributed by atoms with Crippen LogP contribution in [0.3, 0.4) is 0 Å². The Morgan fingerprint density at radius 1 is 1.03 bits per heavy atom. The van der Waals surface area contributed by atoms with E-state index < -0.39 is 5.63 Å². The van der Waals surface area contributed by atoms with Crippen molar-refractivity contribution in [2.24, 2.45) is 0 Å². The average molecular weight is 443 g/mol. The Morgan fingerprint density at radius 2 is 1.77 bits per heavy atom. The quantitative estimate of drug-likeness (QED) is 0.555. The van der Waals surface area contributed by atoms with Crippen molar-refractivity contribution in [3.05, 3.63) is 86.2 Å². The second kappa shape index (κ2) is 9.04. The van der Waals surface area contributed by atoms with Gasteiger partial charge in [0.15, 0.2) is 5.58 Å². The smallest absolute Gasteiger partial charge is 0.349 e. The third-order valence-electron chi connectivity index (χ3n) is 5.12. The van der Waals surface area contributed by atoms with Gasteiger partial charge < -0.3 is 9.32 Å². The Bertz CT molecular complexity index is 1150. The zero-order chi connectivity index (χ0) is 21.1. The normalized spacial score (nSPS) is 15.2. The van der Waals surface area contributed by atoms with Gasteiger partial charge in [-0.1, -0.05) is 65.7 Å². The van der Waals surface area contributed by atoms with Crippen LogP contribution in [0.4, 0.5) is 0 Å². The second-order valence-electron chi connectivity index (χ2n) is 7.16. The Kier molecular flexibility index (Phi) is 6.23. The number of halogens is 2. The molecule has 1 aromatic heterocycles. The van der Waals surface area contributed by atoms with Crippen molar-refractivity contribution in [1.29, 1.82) is 0 Å². The van der Waals surface area contributed by atoms with Crippen molar-refractivity contribution < 1.29 is 9.21 Å². The molecule has 2 aromatic carbocycles. The van der Waals surface area contributed by atoms with Gasteiger partial charge >= 0.3 is 5.63 Å². The molecule has 0 unspecified atom stereocenters. The van der Waals surface area contributed by atoms with E-state index in [4.69, 9.17) is 27.6 Å². The molecular formula is C23H20Cl2N2O3. The fraction of sp³-hybridized carbons (Fsp3) is 0.217. The summed E-state index contributed by atoms with van der Waals surface area (Å²) >= 11 is 12.1. The number of hydrogen-bond acceptors (Lipinski definition) is 4. The molecule has 7 heteroatoms. The molecule has 4 rings (SSSR count). The number of benzene rings is 2. The van der Waals surface area contributed by atoms with Gasteiger partial charge in [-0.2, -0.15) is 0 Å². The molecular weight excluding hydrogens is 423 g/mol. The van der Waals surface area contributed by atoms with Crippen LogP contribution in [0.25, 0.3) is 17.0 Å². The molecule has 1 fully saturated rings. The summed E-state index contributed by atoms with van der Waals surface area (Å²) in [5.41, 5.74) is 0.704. The van der Waals surface area contributed by atoms with Crippen LogP contribution in [0, 0.1) is 0 Å². The molecule has 0 bridgehead atoms. The highest BCUT2D eigenvalue weighted by atomic mass is 35.5. The summed E-state index contributed by atoms with van der Waals surface area (Å²) in [5.74, 6) is -0.332. The topological polar surface area (TPSA) is 53.8 Å². The summed E-state index contributed by atoms with van der Waals surface area (Å²) in [4.78, 5) is 29.2. The standard InChI is InChI=1S/C23H20Cl2N2O3/c24-18-13-17-14-19(23(29)30-21(17)20(25)15-18)22(28)27-11-9-26(10-12-27)8-4-7-16-5-2-1-3-6-16/h1-7,13-15H,8-12H2. The van der Waals surface area contributed by atoms with Gasteiger partial charge in [-0.15, -0.1) is 0 Å². The van der Waals surface area contributed by atoms with Crippen molar-refractivity contribution in [3.8, 4) is 0 Å². The zero-order valence-corrected chi connectivity index (χ0v) is 17.7. The lowest BCUT2D eigenvalue weighted by molar-refractivity contribution is 0.0646. The summed E-state index contributed by atoms with van der Waals surface area (Å²) in [5, 5.41) is 1.18. The van der Waals surface area contributed by atoms with Crippen LogP contribution in [0.1, 0.15) is 15.9 Å². The first-order valence-electron chi connectivity index (χ1n) is 9.67. The van der Waals surface area contributed by atoms with E-state index in [9.17, 15) is 9.59 Å². The Labute approximate surface area is 184 Å². The van der Waals surface area contributed by atoms with Crippen LogP contribution in [0.2, 0.25) is 10.0 Å². The largest absolute Gasteiger partial charge is 0.421 e. The molecule has 154 valence electrons. The lowest BCUT2D eigenvalue weighted by Gasteiger charge is -2.34. The first-order valence-corrected chi connectivity index (χ1v) is 10.4. The van der Waals surface area contributed by atoms with Crippen molar-refractivity contribution in [2.45, 2.75) is 0 Å². The van der Waals surface area contributed by atoms with Crippen LogP contribution in [-0.2, 0) is 0 Å². The third kappa shape index (κ3) is 4.59. The number of nitrogens with zero attached hydrogens (tertiary/aromatic N) is 2. The maximum Gasteiger partial charge on any atom is 0.349 e. The van der Waals surface area contributed by atoms with E-state index in [0.717, 1.165) is 25.2 Å². The van der Waals surface area contributed by atoms with Crippen molar-refractivity contribution in [1.82, 2.24) is 9.80 Å². The number of fused-ring (bicyclic) bond motifs is 1. The predicted octanol–water partition coefficient (Wildman–Crippen LogP) is 4.57. The summed E-state index contributed by atoms with van der Waals surface area (Å²) in [6.07, 6.45) is 4.21. The minimum Gasteiger partial charge on any atom is -0.421 e. The summed E-state index contributed by atoms with van der Waals surface area (Å²) in [6, 6.07) is 14.8. The molecule has 1 aliphatic heterocycles. The molecule has 0 N–H and O–H groups in total. The molecule has 1 saturated heterocycles. The Morgan fingerprint density at radius 3 is 2.50 bits per heavy atom. The molecule has 5 nitrogen and oxygen atoms in total. The maximum atomic E-state index is 12.9. The number of carbonyl (C=O) groups excluding carboxylic acids is 1. The van der Waals surface area contributed by atoms with Crippen molar-refractivity contribution in [2.75, 3.05) is 32.7 Å². The highest BCUT2D eigenvalue weighted by Crippen LogP contribution is 2.27. The minimum atomic E-state index is -0.690. The molecule has 0 radical (unpaired) electrons. The van der Waals surface area contributed by atoms with Crippen molar-refractivity contribution in [3.63, 3.8) is 0 Å². The molecule has 3 aromatic rings. The second-order valence-corrected chi connectivity index (χ2v) is 8.00. The zero-order valence-electron chi connectivity index (χ0n) is 16.2. The lowest BCUT2D eigenvalue weighted by atomic mass is 10.1. The Balaban J connectivity index is 1.41. The van der Waals surface area contributed by atoms with Gasteiger partial charge in [-0.05, 0) is 23.8 Å². The van der Waals surface area contributed by atoms with Gasteiger partial charge in [-0.25, -0.2) is 4.79 Å². The van der Waals surface area contributed by atoms with Gasteiger partial charge in [0.1, 0.15) is 5.56 Å². The van der Waals surface area contributed by atoms with E-state index >= 15 is 0 Å².